The van der Waals surface area contributed by atoms with Crippen LogP contribution in [0.2, 0.25) is 0 Å². The molecule has 2 rings (SSSR count). The van der Waals surface area contributed by atoms with E-state index in [1.54, 1.807) is 30.3 Å². The molecule has 1 amide bonds. The Morgan fingerprint density at radius 2 is 1.83 bits per heavy atom. The second kappa shape index (κ2) is 7.93. The maximum Gasteiger partial charge on any atom is 0.240 e. The van der Waals surface area contributed by atoms with Gasteiger partial charge in [-0.2, -0.15) is 0 Å². The third-order valence-corrected chi connectivity index (χ3v) is 5.69. The molecule has 6 heteroatoms. The normalized spacial score (nSPS) is 16.7. The van der Waals surface area contributed by atoms with Crippen LogP contribution in [-0.2, 0) is 14.8 Å². The fourth-order valence-corrected chi connectivity index (χ4v) is 4.03. The highest BCUT2D eigenvalue weighted by molar-refractivity contribution is 7.89. The summed E-state index contributed by atoms with van der Waals surface area (Å²) in [5, 5.41) is 0. The lowest BCUT2D eigenvalue weighted by Crippen LogP contribution is -2.46. The summed E-state index contributed by atoms with van der Waals surface area (Å²) in [7, 11) is -3.47. The van der Waals surface area contributed by atoms with Crippen LogP contribution in [0.3, 0.4) is 0 Å². The fraction of sp³-hybridized carbons (Fsp3) is 0.588. The molecule has 1 heterocycles. The summed E-state index contributed by atoms with van der Waals surface area (Å²) in [4.78, 5) is 14.2. The zero-order valence-electron chi connectivity index (χ0n) is 13.9. The maximum absolute atomic E-state index is 12.3. The molecule has 1 aromatic rings. The number of rotatable bonds is 6. The van der Waals surface area contributed by atoms with Crippen LogP contribution in [0.15, 0.2) is 35.2 Å². The molecule has 0 aromatic heterocycles. The van der Waals surface area contributed by atoms with Gasteiger partial charge in [0, 0.05) is 25.6 Å². The first-order chi connectivity index (χ1) is 10.9. The molecule has 128 valence electrons. The van der Waals surface area contributed by atoms with Gasteiger partial charge in [0.25, 0.3) is 0 Å². The zero-order valence-corrected chi connectivity index (χ0v) is 14.7. The minimum atomic E-state index is -3.47. The first-order valence-corrected chi connectivity index (χ1v) is 9.72. The lowest BCUT2D eigenvalue weighted by Gasteiger charge is -2.32. The number of amides is 1. The molecule has 1 aliphatic rings. The van der Waals surface area contributed by atoms with E-state index in [1.165, 1.54) is 0 Å². The summed E-state index contributed by atoms with van der Waals surface area (Å²) in [6, 6.07) is 8.30. The third-order valence-electron chi connectivity index (χ3n) is 4.16. The summed E-state index contributed by atoms with van der Waals surface area (Å²) < 4.78 is 27.4. The molecule has 1 aromatic carbocycles. The number of hydrogen-bond acceptors (Lipinski definition) is 3. The van der Waals surface area contributed by atoms with Crippen LogP contribution in [0.25, 0.3) is 0 Å². The minimum absolute atomic E-state index is 0.102. The Morgan fingerprint density at radius 1 is 1.22 bits per heavy atom. The second-order valence-electron chi connectivity index (χ2n) is 6.52. The first-order valence-electron chi connectivity index (χ1n) is 8.23. The van der Waals surface area contributed by atoms with Gasteiger partial charge in [-0.05, 0) is 37.3 Å². The molecule has 0 unspecified atom stereocenters. The van der Waals surface area contributed by atoms with Crippen molar-refractivity contribution in [2.24, 2.45) is 5.92 Å². The van der Waals surface area contributed by atoms with Gasteiger partial charge in [-0.3, -0.25) is 4.79 Å². The van der Waals surface area contributed by atoms with Gasteiger partial charge in [-0.1, -0.05) is 32.0 Å². The number of benzene rings is 1. The number of likely N-dealkylation sites (tertiary alicyclic amines) is 1. The molecular weight excluding hydrogens is 312 g/mol. The van der Waals surface area contributed by atoms with Crippen LogP contribution in [0.1, 0.15) is 39.5 Å². The Balaban J connectivity index is 1.84. The molecule has 1 fully saturated rings. The Kier molecular flexibility index (Phi) is 6.18. The lowest BCUT2D eigenvalue weighted by molar-refractivity contribution is -0.132. The summed E-state index contributed by atoms with van der Waals surface area (Å²) >= 11 is 0. The second-order valence-corrected chi connectivity index (χ2v) is 8.24. The summed E-state index contributed by atoms with van der Waals surface area (Å²) in [5.41, 5.74) is 0. The highest BCUT2D eigenvalue weighted by Gasteiger charge is 2.26. The maximum atomic E-state index is 12.3. The van der Waals surface area contributed by atoms with Crippen molar-refractivity contribution in [2.45, 2.75) is 50.5 Å². The molecule has 0 radical (unpaired) electrons. The van der Waals surface area contributed by atoms with Gasteiger partial charge in [0.15, 0.2) is 0 Å². The highest BCUT2D eigenvalue weighted by atomic mass is 32.2. The molecular formula is C17H26N2O3S. The van der Waals surface area contributed by atoms with Crippen LogP contribution in [0.4, 0.5) is 0 Å². The Morgan fingerprint density at radius 3 is 2.39 bits per heavy atom. The van der Waals surface area contributed by atoms with Crippen LogP contribution in [-0.4, -0.2) is 38.4 Å². The molecule has 1 N–H and O–H groups in total. The van der Waals surface area contributed by atoms with E-state index in [1.807, 2.05) is 4.90 Å². The average molecular weight is 338 g/mol. The van der Waals surface area contributed by atoms with E-state index in [9.17, 15) is 13.2 Å². The molecule has 0 aliphatic carbocycles. The summed E-state index contributed by atoms with van der Waals surface area (Å²) in [6.45, 7) is 5.47. The van der Waals surface area contributed by atoms with E-state index < -0.39 is 10.0 Å². The smallest absolute Gasteiger partial charge is 0.240 e. The number of nitrogens with one attached hydrogen (secondary N) is 1. The Hall–Kier alpha value is -1.40. The van der Waals surface area contributed by atoms with Crippen molar-refractivity contribution in [1.82, 2.24) is 9.62 Å². The average Bonchev–Trinajstić information content (AvgIpc) is 2.54. The monoisotopic (exact) mass is 338 g/mol. The predicted octanol–water partition coefficient (Wildman–Crippen LogP) is 2.39. The number of hydrogen-bond donors (Lipinski definition) is 1. The molecule has 1 aliphatic heterocycles. The molecule has 0 saturated carbocycles. The lowest BCUT2D eigenvalue weighted by atomic mass is 10.0. The van der Waals surface area contributed by atoms with Gasteiger partial charge in [-0.15, -0.1) is 0 Å². The molecule has 0 bridgehead atoms. The van der Waals surface area contributed by atoms with Crippen LogP contribution in [0, 0.1) is 5.92 Å². The molecule has 0 atom stereocenters. The van der Waals surface area contributed by atoms with Crippen molar-refractivity contribution in [1.29, 1.82) is 0 Å². The molecule has 1 saturated heterocycles. The number of piperidine rings is 1. The number of carbonyl (C=O) groups is 1. The molecule has 5 nitrogen and oxygen atoms in total. The molecule has 0 spiro atoms. The summed E-state index contributed by atoms with van der Waals surface area (Å²) in [6.07, 6.45) is 2.82. The van der Waals surface area contributed by atoms with E-state index in [0.29, 0.717) is 38.3 Å². The van der Waals surface area contributed by atoms with E-state index in [0.717, 1.165) is 6.42 Å². The van der Waals surface area contributed by atoms with Crippen LogP contribution in [0.5, 0.6) is 0 Å². The fourth-order valence-electron chi connectivity index (χ4n) is 2.70. The van der Waals surface area contributed by atoms with Crippen molar-refractivity contribution in [3.63, 3.8) is 0 Å². The third kappa shape index (κ3) is 5.32. The summed E-state index contributed by atoms with van der Waals surface area (Å²) in [5.74, 6) is 0.706. The van der Waals surface area contributed by atoms with Gasteiger partial charge < -0.3 is 4.90 Å². The van der Waals surface area contributed by atoms with Crippen molar-refractivity contribution < 1.29 is 13.2 Å². The highest BCUT2D eigenvalue weighted by Crippen LogP contribution is 2.16. The minimum Gasteiger partial charge on any atom is -0.343 e. The zero-order chi connectivity index (χ0) is 16.9. The number of sulfonamides is 1. The van der Waals surface area contributed by atoms with Crippen molar-refractivity contribution in [2.75, 3.05) is 13.1 Å². The topological polar surface area (TPSA) is 66.5 Å². The van der Waals surface area contributed by atoms with Gasteiger partial charge in [0.1, 0.15) is 0 Å². The van der Waals surface area contributed by atoms with Crippen molar-refractivity contribution >= 4 is 15.9 Å². The number of nitrogens with zero attached hydrogens (tertiary/aromatic N) is 1. The molecule has 23 heavy (non-hydrogen) atoms. The van der Waals surface area contributed by atoms with Crippen LogP contribution < -0.4 is 4.72 Å². The Bertz CT molecular complexity index is 606. The first kappa shape index (κ1) is 17.9. The number of carbonyl (C=O) groups excluding carboxylic acids is 1. The van der Waals surface area contributed by atoms with Crippen LogP contribution >= 0.6 is 0 Å². The predicted molar refractivity (Wildman–Crippen MR) is 90.4 cm³/mol. The van der Waals surface area contributed by atoms with E-state index in [-0.39, 0.29) is 16.8 Å². The van der Waals surface area contributed by atoms with Gasteiger partial charge in [-0.25, -0.2) is 13.1 Å². The van der Waals surface area contributed by atoms with E-state index in [4.69, 9.17) is 0 Å². The van der Waals surface area contributed by atoms with Gasteiger partial charge in [0.2, 0.25) is 15.9 Å². The van der Waals surface area contributed by atoms with E-state index in [2.05, 4.69) is 18.6 Å². The largest absolute Gasteiger partial charge is 0.343 e. The van der Waals surface area contributed by atoms with Crippen molar-refractivity contribution in [3.8, 4) is 0 Å². The van der Waals surface area contributed by atoms with Gasteiger partial charge >= 0.3 is 0 Å². The quantitative estimate of drug-likeness (QED) is 0.866. The Labute approximate surface area is 139 Å². The van der Waals surface area contributed by atoms with Gasteiger partial charge in [0.05, 0.1) is 4.90 Å². The SMILES string of the molecule is CC(C)CCC(=O)N1CCC(NS(=O)(=O)c2ccccc2)CC1. The van der Waals surface area contributed by atoms with E-state index >= 15 is 0 Å². The van der Waals surface area contributed by atoms with Crippen molar-refractivity contribution in [3.05, 3.63) is 30.3 Å². The standard InChI is InChI=1S/C17H26N2O3S/c1-14(2)8-9-17(20)19-12-10-15(11-13-19)18-23(21,22)16-6-4-3-5-7-16/h3-7,14-15,18H,8-13H2,1-2H3.